The first kappa shape index (κ1) is 17.2. The summed E-state index contributed by atoms with van der Waals surface area (Å²) in [6, 6.07) is 9.04. The van der Waals surface area contributed by atoms with Gasteiger partial charge in [0.05, 0.1) is 6.42 Å². The number of benzene rings is 1. The minimum absolute atomic E-state index is 0.0284. The number of anilines is 1. The number of piperazine rings is 1. The van der Waals surface area contributed by atoms with Gasteiger partial charge in [0.1, 0.15) is 6.04 Å². The van der Waals surface area contributed by atoms with Gasteiger partial charge in [-0.15, -0.1) is 0 Å². The lowest BCUT2D eigenvalue weighted by Crippen LogP contribution is -2.48. The van der Waals surface area contributed by atoms with Crippen LogP contribution in [0.2, 0.25) is 0 Å². The Labute approximate surface area is 146 Å². The fraction of sp³-hybridized carbons (Fsp3) is 0.471. The third kappa shape index (κ3) is 4.69. The van der Waals surface area contributed by atoms with E-state index in [0.29, 0.717) is 6.54 Å². The summed E-state index contributed by atoms with van der Waals surface area (Å²) in [7, 11) is 0. The maximum absolute atomic E-state index is 11.9. The molecule has 134 valence electrons. The second-order valence-electron chi connectivity index (χ2n) is 6.23. The summed E-state index contributed by atoms with van der Waals surface area (Å²) in [6.45, 7) is 5.14. The average Bonchev–Trinajstić information content (AvgIpc) is 2.93. The maximum atomic E-state index is 11.9. The molecule has 2 aliphatic rings. The van der Waals surface area contributed by atoms with E-state index in [2.05, 4.69) is 37.9 Å². The van der Waals surface area contributed by atoms with Crippen molar-refractivity contribution in [2.45, 2.75) is 12.5 Å². The normalized spacial score (nSPS) is 21.0. The highest BCUT2D eigenvalue weighted by molar-refractivity contribution is 6.05. The van der Waals surface area contributed by atoms with E-state index in [1.807, 2.05) is 18.2 Å². The molecule has 2 fully saturated rings. The van der Waals surface area contributed by atoms with E-state index in [9.17, 15) is 14.4 Å². The Bertz CT molecular complexity index is 628. The third-order valence-corrected chi connectivity index (χ3v) is 4.49. The Morgan fingerprint density at radius 2 is 1.84 bits per heavy atom. The van der Waals surface area contributed by atoms with E-state index in [-0.39, 0.29) is 12.3 Å². The van der Waals surface area contributed by atoms with Crippen LogP contribution in [0.5, 0.6) is 0 Å². The minimum Gasteiger partial charge on any atom is -0.369 e. The highest BCUT2D eigenvalue weighted by Crippen LogP contribution is 2.15. The van der Waals surface area contributed by atoms with Gasteiger partial charge < -0.3 is 15.5 Å². The van der Waals surface area contributed by atoms with Crippen LogP contribution in [-0.2, 0) is 9.59 Å². The average molecular weight is 345 g/mol. The van der Waals surface area contributed by atoms with Crippen molar-refractivity contribution in [2.24, 2.45) is 0 Å². The molecule has 0 aliphatic carbocycles. The van der Waals surface area contributed by atoms with Crippen LogP contribution in [0.4, 0.5) is 10.5 Å². The topological polar surface area (TPSA) is 93.8 Å². The van der Waals surface area contributed by atoms with Crippen LogP contribution in [0.1, 0.15) is 6.42 Å². The summed E-state index contributed by atoms with van der Waals surface area (Å²) in [6.07, 6.45) is -0.0284. The molecule has 2 aliphatic heterocycles. The molecule has 2 heterocycles. The lowest BCUT2D eigenvalue weighted by atomic mass is 10.2. The lowest BCUT2D eigenvalue weighted by molar-refractivity contribution is -0.126. The van der Waals surface area contributed by atoms with E-state index in [0.717, 1.165) is 32.7 Å². The molecule has 3 N–H and O–H groups in total. The van der Waals surface area contributed by atoms with Gasteiger partial charge in [-0.05, 0) is 12.1 Å². The molecule has 8 heteroatoms. The fourth-order valence-electron chi connectivity index (χ4n) is 3.08. The van der Waals surface area contributed by atoms with Crippen molar-refractivity contribution in [3.63, 3.8) is 0 Å². The van der Waals surface area contributed by atoms with Crippen molar-refractivity contribution >= 4 is 23.5 Å². The summed E-state index contributed by atoms with van der Waals surface area (Å²) >= 11 is 0. The molecule has 1 aromatic rings. The first-order valence-corrected chi connectivity index (χ1v) is 8.52. The van der Waals surface area contributed by atoms with Gasteiger partial charge in [-0.1, -0.05) is 18.2 Å². The molecule has 25 heavy (non-hydrogen) atoms. The van der Waals surface area contributed by atoms with Gasteiger partial charge in [-0.2, -0.15) is 0 Å². The van der Waals surface area contributed by atoms with Gasteiger partial charge in [0, 0.05) is 45.0 Å². The van der Waals surface area contributed by atoms with Crippen molar-refractivity contribution in [3.8, 4) is 0 Å². The van der Waals surface area contributed by atoms with Crippen molar-refractivity contribution in [1.29, 1.82) is 0 Å². The van der Waals surface area contributed by atoms with E-state index in [1.54, 1.807) is 0 Å². The second kappa shape index (κ2) is 7.98. The number of para-hydroxylation sites is 1. The molecule has 0 saturated carbocycles. The lowest BCUT2D eigenvalue weighted by Gasteiger charge is -2.36. The number of rotatable bonds is 6. The highest BCUT2D eigenvalue weighted by Gasteiger charge is 2.31. The fourth-order valence-corrected chi connectivity index (χ4v) is 3.08. The molecule has 1 aromatic carbocycles. The Morgan fingerprint density at radius 3 is 2.48 bits per heavy atom. The number of nitrogens with one attached hydrogen (secondary N) is 3. The number of imide groups is 1. The number of amides is 4. The van der Waals surface area contributed by atoms with Crippen molar-refractivity contribution in [1.82, 2.24) is 20.9 Å². The van der Waals surface area contributed by atoms with Crippen LogP contribution < -0.4 is 20.9 Å². The van der Waals surface area contributed by atoms with E-state index >= 15 is 0 Å². The van der Waals surface area contributed by atoms with Gasteiger partial charge in [0.15, 0.2) is 0 Å². The minimum atomic E-state index is -0.762. The van der Waals surface area contributed by atoms with Crippen molar-refractivity contribution in [3.05, 3.63) is 30.3 Å². The van der Waals surface area contributed by atoms with Crippen LogP contribution in [0.25, 0.3) is 0 Å². The molecule has 4 amide bonds. The third-order valence-electron chi connectivity index (χ3n) is 4.49. The van der Waals surface area contributed by atoms with E-state index in [1.165, 1.54) is 5.69 Å². The smallest absolute Gasteiger partial charge is 0.322 e. The predicted octanol–water partition coefficient (Wildman–Crippen LogP) is -0.477. The molecule has 0 bridgehead atoms. The van der Waals surface area contributed by atoms with Crippen molar-refractivity contribution < 1.29 is 14.4 Å². The standard InChI is InChI=1S/C17H23N5O3/c23-15(12-14-16(24)20-17(25)19-14)18-6-7-21-8-10-22(11-9-21)13-4-2-1-3-5-13/h1-5,14H,6-12H2,(H,18,23)(H2,19,20,24,25)/t14-/m1/s1. The molecule has 0 spiro atoms. The van der Waals surface area contributed by atoms with Gasteiger partial charge in [0.25, 0.3) is 5.91 Å². The number of urea groups is 1. The monoisotopic (exact) mass is 345 g/mol. The first-order valence-electron chi connectivity index (χ1n) is 8.52. The summed E-state index contributed by atoms with van der Waals surface area (Å²) in [5.41, 5.74) is 1.24. The second-order valence-corrected chi connectivity index (χ2v) is 6.23. The number of nitrogens with zero attached hydrogens (tertiary/aromatic N) is 2. The molecule has 2 saturated heterocycles. The summed E-state index contributed by atoms with van der Waals surface area (Å²) in [5, 5.41) is 7.34. The van der Waals surface area contributed by atoms with Gasteiger partial charge in [-0.3, -0.25) is 19.8 Å². The van der Waals surface area contributed by atoms with Crippen LogP contribution in [0.3, 0.4) is 0 Å². The van der Waals surface area contributed by atoms with E-state index in [4.69, 9.17) is 0 Å². The summed E-state index contributed by atoms with van der Waals surface area (Å²) in [5.74, 6) is -0.678. The molecule has 0 radical (unpaired) electrons. The molecule has 0 unspecified atom stereocenters. The Hall–Kier alpha value is -2.61. The number of carbonyl (C=O) groups excluding carboxylic acids is 3. The molecule has 3 rings (SSSR count). The largest absolute Gasteiger partial charge is 0.369 e. The molecular weight excluding hydrogens is 322 g/mol. The van der Waals surface area contributed by atoms with Gasteiger partial charge in [-0.25, -0.2) is 4.79 Å². The van der Waals surface area contributed by atoms with Gasteiger partial charge in [0.2, 0.25) is 5.91 Å². The summed E-state index contributed by atoms with van der Waals surface area (Å²) in [4.78, 5) is 38.9. The first-order chi connectivity index (χ1) is 12.1. The van der Waals surface area contributed by atoms with Crippen molar-refractivity contribution in [2.75, 3.05) is 44.2 Å². The Kier molecular flexibility index (Phi) is 5.49. The molecule has 1 atom stereocenters. The molecule has 8 nitrogen and oxygen atoms in total. The van der Waals surface area contributed by atoms with Gasteiger partial charge >= 0.3 is 6.03 Å². The summed E-state index contributed by atoms with van der Waals surface area (Å²) < 4.78 is 0. The maximum Gasteiger partial charge on any atom is 0.322 e. The van der Waals surface area contributed by atoms with Crippen LogP contribution in [0, 0.1) is 0 Å². The highest BCUT2D eigenvalue weighted by atomic mass is 16.2. The van der Waals surface area contributed by atoms with Crippen LogP contribution in [0.15, 0.2) is 30.3 Å². The number of carbonyl (C=O) groups is 3. The molecular formula is C17H23N5O3. The van der Waals surface area contributed by atoms with Crippen LogP contribution in [-0.4, -0.2) is 68.1 Å². The Morgan fingerprint density at radius 1 is 1.12 bits per heavy atom. The zero-order valence-corrected chi connectivity index (χ0v) is 14.0. The number of hydrogen-bond acceptors (Lipinski definition) is 5. The predicted molar refractivity (Wildman–Crippen MR) is 93.2 cm³/mol. The number of hydrogen-bond donors (Lipinski definition) is 3. The zero-order valence-electron chi connectivity index (χ0n) is 14.0. The molecule has 0 aromatic heterocycles. The zero-order chi connectivity index (χ0) is 17.6. The quantitative estimate of drug-likeness (QED) is 0.606. The Balaban J connectivity index is 1.33. The SMILES string of the molecule is O=C(C[C@H]1NC(=O)NC1=O)NCCN1CCN(c2ccccc2)CC1. The van der Waals surface area contributed by atoms with Crippen LogP contribution >= 0.6 is 0 Å². The van der Waals surface area contributed by atoms with E-state index < -0.39 is 18.0 Å².